The molecule has 0 amide bonds. The zero-order valence-electron chi connectivity index (χ0n) is 11.8. The van der Waals surface area contributed by atoms with Gasteiger partial charge in [-0.2, -0.15) is 0 Å². The Kier molecular flexibility index (Phi) is 3.18. The van der Waals surface area contributed by atoms with Crippen LogP contribution in [0.5, 0.6) is 0 Å². The van der Waals surface area contributed by atoms with Gasteiger partial charge in [-0.25, -0.2) is 0 Å². The van der Waals surface area contributed by atoms with Gasteiger partial charge in [0.2, 0.25) is 10.9 Å². The highest BCUT2D eigenvalue weighted by molar-refractivity contribution is 5.82. The second-order valence-electron chi connectivity index (χ2n) is 5.54. The van der Waals surface area contributed by atoms with E-state index < -0.39 is 0 Å². The predicted octanol–water partition coefficient (Wildman–Crippen LogP) is 1.01. The number of nitrogens with zero attached hydrogens (tertiary/aromatic N) is 2. The van der Waals surface area contributed by atoms with Gasteiger partial charge in [0, 0.05) is 26.2 Å². The van der Waals surface area contributed by atoms with E-state index in [1.54, 1.807) is 0 Å². The maximum atomic E-state index is 11.9. The van der Waals surface area contributed by atoms with E-state index in [0.717, 1.165) is 37.3 Å². The highest BCUT2D eigenvalue weighted by Gasteiger charge is 2.28. The molecule has 0 aliphatic carbocycles. The molecule has 0 spiro atoms. The molecule has 1 heterocycles. The minimum absolute atomic E-state index is 0.329. The molecule has 2 aromatic carbocycles. The number of piperazine rings is 1. The Morgan fingerprint density at radius 2 is 1.50 bits per heavy atom. The number of benzene rings is 1. The summed E-state index contributed by atoms with van der Waals surface area (Å²) in [5.74, 6) is 0. The molecule has 0 aromatic heterocycles. The van der Waals surface area contributed by atoms with Crippen LogP contribution < -0.4 is 15.8 Å². The first-order valence-electron chi connectivity index (χ1n) is 6.92. The van der Waals surface area contributed by atoms with Crippen molar-refractivity contribution in [2.75, 3.05) is 38.1 Å². The number of anilines is 1. The topological polar surface area (TPSA) is 40.6 Å². The smallest absolute Gasteiger partial charge is 0.250 e. The Labute approximate surface area is 117 Å². The monoisotopic (exact) mass is 270 g/mol. The third-order valence-corrected chi connectivity index (χ3v) is 4.04. The van der Waals surface area contributed by atoms with Crippen molar-refractivity contribution in [2.45, 2.75) is 6.92 Å². The second-order valence-corrected chi connectivity index (χ2v) is 5.54. The fourth-order valence-electron chi connectivity index (χ4n) is 2.70. The summed E-state index contributed by atoms with van der Waals surface area (Å²) in [6, 6.07) is 7.79. The van der Waals surface area contributed by atoms with E-state index in [-0.39, 0.29) is 10.9 Å². The van der Waals surface area contributed by atoms with E-state index in [0.29, 0.717) is 11.3 Å². The maximum Gasteiger partial charge on any atom is 0.250 e. The van der Waals surface area contributed by atoms with Gasteiger partial charge in [0.05, 0.1) is 5.56 Å². The number of hydrogen-bond donors (Lipinski definition) is 0. The molecular weight excluding hydrogens is 252 g/mol. The van der Waals surface area contributed by atoms with Gasteiger partial charge in [-0.15, -0.1) is 0 Å². The van der Waals surface area contributed by atoms with Gasteiger partial charge >= 0.3 is 0 Å². The van der Waals surface area contributed by atoms with Gasteiger partial charge in [-0.05, 0) is 19.5 Å². The lowest BCUT2D eigenvalue weighted by Gasteiger charge is -2.35. The number of aryl methyl sites for hydroxylation is 1. The Morgan fingerprint density at radius 3 is 2.10 bits per heavy atom. The van der Waals surface area contributed by atoms with Gasteiger partial charge < -0.3 is 9.80 Å². The van der Waals surface area contributed by atoms with Crippen molar-refractivity contribution in [1.29, 1.82) is 0 Å². The first kappa shape index (κ1) is 13.1. The number of likely N-dealkylation sites (N-methyl/N-ethyl adjacent to an activating group) is 1. The summed E-state index contributed by atoms with van der Waals surface area (Å²) >= 11 is 0. The number of rotatable bonds is 2. The zero-order chi connectivity index (χ0) is 14.3. The molecule has 0 unspecified atom stereocenters. The maximum absolute atomic E-state index is 11.9. The van der Waals surface area contributed by atoms with Gasteiger partial charge in [-0.1, -0.05) is 29.8 Å². The summed E-state index contributed by atoms with van der Waals surface area (Å²) in [6.07, 6.45) is 0. The summed E-state index contributed by atoms with van der Waals surface area (Å²) in [5, 5.41) is 0. The molecule has 0 bridgehead atoms. The summed E-state index contributed by atoms with van der Waals surface area (Å²) < 4.78 is 0. The van der Waals surface area contributed by atoms with E-state index in [9.17, 15) is 9.59 Å². The molecule has 0 atom stereocenters. The van der Waals surface area contributed by atoms with E-state index in [1.807, 2.05) is 31.2 Å². The van der Waals surface area contributed by atoms with Gasteiger partial charge in [0.1, 0.15) is 5.69 Å². The summed E-state index contributed by atoms with van der Waals surface area (Å²) in [7, 11) is 2.07. The van der Waals surface area contributed by atoms with Crippen molar-refractivity contribution in [2.24, 2.45) is 0 Å². The van der Waals surface area contributed by atoms with Crippen molar-refractivity contribution in [1.82, 2.24) is 4.90 Å². The van der Waals surface area contributed by atoms with Crippen LogP contribution in [-0.4, -0.2) is 38.1 Å². The third-order valence-electron chi connectivity index (χ3n) is 4.04. The van der Waals surface area contributed by atoms with Crippen molar-refractivity contribution >= 4 is 5.69 Å². The van der Waals surface area contributed by atoms with Gasteiger partial charge in [0.15, 0.2) is 0 Å². The average Bonchev–Trinajstić information content (AvgIpc) is 2.46. The molecule has 3 rings (SSSR count). The quantitative estimate of drug-likeness (QED) is 0.764. The minimum Gasteiger partial charge on any atom is -0.365 e. The van der Waals surface area contributed by atoms with Crippen LogP contribution >= 0.6 is 0 Å². The highest BCUT2D eigenvalue weighted by Crippen LogP contribution is 2.27. The first-order chi connectivity index (χ1) is 9.58. The fourth-order valence-corrected chi connectivity index (χ4v) is 2.70. The van der Waals surface area contributed by atoms with E-state index in [1.165, 1.54) is 0 Å². The molecule has 1 saturated heterocycles. The van der Waals surface area contributed by atoms with Gasteiger partial charge in [0.25, 0.3) is 0 Å². The zero-order valence-corrected chi connectivity index (χ0v) is 11.8. The van der Waals surface area contributed by atoms with E-state index >= 15 is 0 Å². The molecule has 4 heteroatoms. The third kappa shape index (κ3) is 2.06. The lowest BCUT2D eigenvalue weighted by Crippen LogP contribution is -2.50. The molecule has 2 aromatic rings. The lowest BCUT2D eigenvalue weighted by molar-refractivity contribution is 0.312. The summed E-state index contributed by atoms with van der Waals surface area (Å²) in [6.45, 7) is 5.46. The summed E-state index contributed by atoms with van der Waals surface area (Å²) in [4.78, 5) is 28.1. The van der Waals surface area contributed by atoms with Crippen molar-refractivity contribution < 1.29 is 0 Å². The van der Waals surface area contributed by atoms with Crippen molar-refractivity contribution in [3.8, 4) is 11.1 Å². The molecule has 0 saturated carbocycles. The molecule has 1 aliphatic heterocycles. The Hall–Kier alpha value is -1.94. The largest absolute Gasteiger partial charge is 0.365 e. The van der Waals surface area contributed by atoms with Crippen LogP contribution in [0.15, 0.2) is 33.9 Å². The normalized spacial score (nSPS) is 16.8. The predicted molar refractivity (Wildman–Crippen MR) is 81.2 cm³/mol. The lowest BCUT2D eigenvalue weighted by atomic mass is 9.96. The van der Waals surface area contributed by atoms with Crippen LogP contribution in [0.1, 0.15) is 5.56 Å². The van der Waals surface area contributed by atoms with Crippen LogP contribution in [-0.2, 0) is 0 Å². The first-order valence-corrected chi connectivity index (χ1v) is 6.92. The van der Waals surface area contributed by atoms with Crippen LogP contribution in [0.2, 0.25) is 0 Å². The molecule has 1 fully saturated rings. The molecule has 4 nitrogen and oxygen atoms in total. The second kappa shape index (κ2) is 4.87. The Balaban J connectivity index is 1.97. The van der Waals surface area contributed by atoms with Crippen LogP contribution in [0.4, 0.5) is 5.69 Å². The highest BCUT2D eigenvalue weighted by atomic mass is 16.2. The standard InChI is InChI=1S/C16H18N2O2/c1-11-3-5-12(6-4-11)13-14(16(20)15(13)19)18-9-7-17(2)8-10-18/h3-6H,7-10H2,1-2H3. The summed E-state index contributed by atoms with van der Waals surface area (Å²) in [5.41, 5.74) is 2.54. The SMILES string of the molecule is Cc1ccc(-c2c(N3CCN(C)CC3)c(=O)c2=O)cc1. The average molecular weight is 270 g/mol. The fraction of sp³-hybridized carbons (Fsp3) is 0.375. The molecule has 1 aliphatic rings. The molecular formula is C16H18N2O2. The Morgan fingerprint density at radius 1 is 0.900 bits per heavy atom. The van der Waals surface area contributed by atoms with Crippen LogP contribution in [0, 0.1) is 6.92 Å². The van der Waals surface area contributed by atoms with Gasteiger partial charge in [-0.3, -0.25) is 9.59 Å². The van der Waals surface area contributed by atoms with Crippen LogP contribution in [0.25, 0.3) is 11.1 Å². The van der Waals surface area contributed by atoms with E-state index in [4.69, 9.17) is 0 Å². The number of hydrogen-bond acceptors (Lipinski definition) is 4. The molecule has 0 N–H and O–H groups in total. The van der Waals surface area contributed by atoms with Crippen molar-refractivity contribution in [3.63, 3.8) is 0 Å². The molecule has 20 heavy (non-hydrogen) atoms. The minimum atomic E-state index is -0.345. The molecule has 0 radical (unpaired) electrons. The Bertz CT molecular complexity index is 688. The molecule has 104 valence electrons. The van der Waals surface area contributed by atoms with Crippen LogP contribution in [0.3, 0.4) is 0 Å². The van der Waals surface area contributed by atoms with Crippen molar-refractivity contribution in [3.05, 3.63) is 50.3 Å². The van der Waals surface area contributed by atoms with E-state index in [2.05, 4.69) is 16.8 Å².